The van der Waals surface area contributed by atoms with E-state index >= 15 is 0 Å². The summed E-state index contributed by atoms with van der Waals surface area (Å²) in [7, 11) is 0. The zero-order valence-electron chi connectivity index (χ0n) is 10.1. The van der Waals surface area contributed by atoms with Crippen LogP contribution in [0.15, 0.2) is 12.6 Å². The van der Waals surface area contributed by atoms with E-state index in [1.807, 2.05) is 0 Å². The first-order chi connectivity index (χ1) is 8.95. The van der Waals surface area contributed by atoms with Gasteiger partial charge >= 0.3 is 5.97 Å². The fourth-order valence-corrected chi connectivity index (χ4v) is 1.57. The highest BCUT2D eigenvalue weighted by Crippen LogP contribution is 2.15. The van der Waals surface area contributed by atoms with Crippen LogP contribution in [0.2, 0.25) is 0 Å². The normalized spacial score (nSPS) is 10.6. The number of fused-ring (bicyclic) bond motifs is 1. The Hall–Kier alpha value is -2.77. The number of aromatic carboxylic acids is 1. The van der Waals surface area contributed by atoms with Crippen LogP contribution in [0, 0.1) is 0 Å². The lowest BCUT2D eigenvalue weighted by atomic mass is 10.2. The molecule has 0 atom stereocenters. The summed E-state index contributed by atoms with van der Waals surface area (Å²) >= 11 is 0. The molecule has 98 valence electrons. The molecule has 3 N–H and O–H groups in total. The highest BCUT2D eigenvalue weighted by molar-refractivity contribution is 5.97. The van der Waals surface area contributed by atoms with Crippen LogP contribution < -0.4 is 5.73 Å². The topological polar surface area (TPSA) is 123 Å². The molecule has 2 aromatic rings. The third-order valence-electron chi connectivity index (χ3n) is 2.50. The number of carbonyl (C=O) groups is 2. The zero-order chi connectivity index (χ0) is 14.2. The van der Waals surface area contributed by atoms with Gasteiger partial charge in [0, 0.05) is 12.5 Å². The number of Topliss-reactive ketones (excluding diaryl/α,β-unsaturated/α-hetero) is 1. The molecule has 2 rings (SSSR count). The summed E-state index contributed by atoms with van der Waals surface area (Å²) in [6.07, 6.45) is 0.205. The predicted molar refractivity (Wildman–Crippen MR) is 65.6 cm³/mol. The summed E-state index contributed by atoms with van der Waals surface area (Å²) in [4.78, 5) is 26.7. The Morgan fingerprint density at radius 3 is 2.74 bits per heavy atom. The van der Waals surface area contributed by atoms with E-state index in [-0.39, 0.29) is 40.6 Å². The van der Waals surface area contributed by atoms with Gasteiger partial charge in [0.1, 0.15) is 5.69 Å². The van der Waals surface area contributed by atoms with Gasteiger partial charge in [-0.05, 0) is 0 Å². The van der Waals surface area contributed by atoms with Crippen LogP contribution in [-0.4, -0.2) is 36.7 Å². The van der Waals surface area contributed by atoms with E-state index in [1.54, 1.807) is 6.92 Å². The van der Waals surface area contributed by atoms with Gasteiger partial charge in [-0.25, -0.2) is 9.78 Å². The molecule has 8 nitrogen and oxygen atoms in total. The minimum atomic E-state index is -1.25. The lowest BCUT2D eigenvalue weighted by Gasteiger charge is -2.03. The summed E-state index contributed by atoms with van der Waals surface area (Å²) in [6.45, 7) is 5.17. The molecule has 0 spiro atoms. The fraction of sp³-hybridized carbons (Fsp3) is 0.182. The third kappa shape index (κ3) is 2.03. The summed E-state index contributed by atoms with van der Waals surface area (Å²) in [5.74, 6) is -1.52. The number of hydrogen-bond donors (Lipinski definition) is 2. The second-order valence-corrected chi connectivity index (χ2v) is 3.81. The largest absolute Gasteiger partial charge is 0.477 e. The molecule has 0 saturated heterocycles. The lowest BCUT2D eigenvalue weighted by Crippen LogP contribution is -2.12. The van der Waals surface area contributed by atoms with Gasteiger partial charge in [-0.15, -0.1) is 5.10 Å². The van der Waals surface area contributed by atoms with Crippen LogP contribution in [0.5, 0.6) is 0 Å². The number of carbonyl (C=O) groups excluding carboxylic acids is 1. The van der Waals surface area contributed by atoms with Crippen molar-refractivity contribution in [2.45, 2.75) is 13.3 Å². The van der Waals surface area contributed by atoms with Crippen molar-refractivity contribution < 1.29 is 14.7 Å². The first-order valence-corrected chi connectivity index (χ1v) is 5.43. The van der Waals surface area contributed by atoms with Gasteiger partial charge in [0.25, 0.3) is 0 Å². The Kier molecular flexibility index (Phi) is 2.99. The van der Waals surface area contributed by atoms with Gasteiger partial charge in [-0.2, -0.15) is 4.52 Å². The third-order valence-corrected chi connectivity index (χ3v) is 2.50. The minimum Gasteiger partial charge on any atom is -0.477 e. The summed E-state index contributed by atoms with van der Waals surface area (Å²) in [5, 5.41) is 16.5. The van der Waals surface area contributed by atoms with E-state index in [1.165, 1.54) is 10.6 Å². The lowest BCUT2D eigenvalue weighted by molar-refractivity contribution is 0.0690. The molecule has 0 aliphatic rings. The van der Waals surface area contributed by atoms with Crippen molar-refractivity contribution >= 4 is 23.1 Å². The smallest absolute Gasteiger partial charge is 0.354 e. The molecular weight excluding hydrogens is 250 g/mol. The maximum atomic E-state index is 11.8. The summed E-state index contributed by atoms with van der Waals surface area (Å²) < 4.78 is 1.17. The maximum absolute atomic E-state index is 11.8. The summed E-state index contributed by atoms with van der Waals surface area (Å²) in [5.41, 5.74) is 5.72. The summed E-state index contributed by atoms with van der Waals surface area (Å²) in [6, 6.07) is 1.17. The number of hydrogen-bond acceptors (Lipinski definition) is 6. The minimum absolute atomic E-state index is 0.0972. The van der Waals surface area contributed by atoms with Crippen LogP contribution in [0.3, 0.4) is 0 Å². The van der Waals surface area contributed by atoms with Crippen molar-refractivity contribution in [3.8, 4) is 0 Å². The molecule has 2 aromatic heterocycles. The first-order valence-electron chi connectivity index (χ1n) is 5.43. The zero-order valence-corrected chi connectivity index (χ0v) is 10.1. The SMILES string of the molecule is C=C(N)c1nnn2c(C(=O)CC)cc(C(=O)O)nc12. The fourth-order valence-electron chi connectivity index (χ4n) is 1.57. The molecule has 0 amide bonds. The van der Waals surface area contributed by atoms with Crippen molar-refractivity contribution in [3.05, 3.63) is 29.7 Å². The molecule has 0 aliphatic heterocycles. The highest BCUT2D eigenvalue weighted by atomic mass is 16.4. The number of carboxylic acids is 1. The predicted octanol–water partition coefficient (Wildman–Crippen LogP) is 0.345. The Morgan fingerprint density at radius 2 is 2.21 bits per heavy atom. The Balaban J connectivity index is 2.83. The van der Waals surface area contributed by atoms with Gasteiger partial charge in [0.05, 0.1) is 5.70 Å². The molecule has 0 fully saturated rings. The highest BCUT2D eigenvalue weighted by Gasteiger charge is 2.19. The van der Waals surface area contributed by atoms with Crippen molar-refractivity contribution in [2.75, 3.05) is 0 Å². The van der Waals surface area contributed by atoms with E-state index in [2.05, 4.69) is 21.9 Å². The van der Waals surface area contributed by atoms with Crippen molar-refractivity contribution in [2.24, 2.45) is 5.73 Å². The van der Waals surface area contributed by atoms with Crippen LogP contribution >= 0.6 is 0 Å². The number of nitrogens with zero attached hydrogens (tertiary/aromatic N) is 4. The van der Waals surface area contributed by atoms with Gasteiger partial charge in [-0.1, -0.05) is 18.7 Å². The first kappa shape index (κ1) is 12.7. The molecule has 8 heteroatoms. The number of rotatable bonds is 4. The average Bonchev–Trinajstić information content (AvgIpc) is 2.80. The van der Waals surface area contributed by atoms with Gasteiger partial charge < -0.3 is 10.8 Å². The van der Waals surface area contributed by atoms with Crippen molar-refractivity contribution in [3.63, 3.8) is 0 Å². The molecule has 0 aromatic carbocycles. The second-order valence-electron chi connectivity index (χ2n) is 3.81. The van der Waals surface area contributed by atoms with Gasteiger partial charge in [0.15, 0.2) is 22.8 Å². The monoisotopic (exact) mass is 261 g/mol. The molecule has 19 heavy (non-hydrogen) atoms. The number of carboxylic acid groups (broad SMARTS) is 1. The number of nitrogens with two attached hydrogens (primary N) is 1. The standard InChI is InChI=1S/C11H11N5O3/c1-3-8(17)7-4-6(11(18)19)13-10-9(5(2)12)14-15-16(7)10/h4H,2-3,12H2,1H3,(H,18,19). The van der Waals surface area contributed by atoms with Crippen LogP contribution in [-0.2, 0) is 0 Å². The van der Waals surface area contributed by atoms with Crippen molar-refractivity contribution in [1.82, 2.24) is 19.8 Å². The van der Waals surface area contributed by atoms with Gasteiger partial charge in [0.2, 0.25) is 0 Å². The molecule has 0 unspecified atom stereocenters. The van der Waals surface area contributed by atoms with E-state index < -0.39 is 5.97 Å². The molecule has 0 bridgehead atoms. The molecular formula is C11H11N5O3. The molecule has 0 aliphatic carbocycles. The van der Waals surface area contributed by atoms with Crippen molar-refractivity contribution in [1.29, 1.82) is 0 Å². The Labute approximate surface area is 107 Å². The van der Waals surface area contributed by atoms with E-state index in [0.29, 0.717) is 0 Å². The molecule has 0 saturated carbocycles. The Morgan fingerprint density at radius 1 is 1.53 bits per heavy atom. The second kappa shape index (κ2) is 4.48. The van der Waals surface area contributed by atoms with Gasteiger partial charge in [-0.3, -0.25) is 4.79 Å². The molecule has 0 radical (unpaired) electrons. The van der Waals surface area contributed by atoms with E-state index in [0.717, 1.165) is 0 Å². The van der Waals surface area contributed by atoms with Crippen LogP contribution in [0.1, 0.15) is 40.0 Å². The van der Waals surface area contributed by atoms with Crippen LogP contribution in [0.4, 0.5) is 0 Å². The quantitative estimate of drug-likeness (QED) is 0.760. The number of aromatic nitrogens is 4. The van der Waals surface area contributed by atoms with E-state index in [4.69, 9.17) is 10.8 Å². The maximum Gasteiger partial charge on any atom is 0.354 e. The Bertz CT molecular complexity index is 704. The average molecular weight is 261 g/mol. The number of ketones is 1. The molecule has 2 heterocycles. The van der Waals surface area contributed by atoms with Crippen LogP contribution in [0.25, 0.3) is 11.3 Å². The van der Waals surface area contributed by atoms with E-state index in [9.17, 15) is 9.59 Å².